The number of nitrogens with one attached hydrogen (secondary N) is 1. The number of carbonyl (C=O) groups excluding carboxylic acids is 1. The maximum atomic E-state index is 12.4. The predicted octanol–water partition coefficient (Wildman–Crippen LogP) is 19.1. The number of carbonyl (C=O) groups is 1. The van der Waals surface area contributed by atoms with Crippen LogP contribution < -0.4 is 5.32 Å². The van der Waals surface area contributed by atoms with Crippen molar-refractivity contribution in [1.82, 2.24) is 5.32 Å². The molecule has 0 aliphatic heterocycles. The van der Waals surface area contributed by atoms with Gasteiger partial charge in [0.25, 0.3) is 0 Å². The Kier molecular flexibility index (Phi) is 55.5. The van der Waals surface area contributed by atoms with E-state index in [4.69, 9.17) is 0 Å². The standard InChI is InChI=1S/C66H105NO3/c1-3-5-7-9-11-13-15-17-19-21-22-23-24-25-26-27-28-29-30-31-32-33-34-35-36-37-38-39-40-41-42-43-44-46-48-50-52-54-56-58-60-62-66(70)67-64(63-68)65(69)61-59-57-55-53-51-49-47-45-20-18-16-14-12-10-8-6-4-2/h5,7,11,13,17,19,22-23,25-26,28-29,31-32,34-35,37-38,40-41,43-44,48,50-51,53,59,61,64-65,68-69H,3-4,6,8-10,12,14-16,18,20-21,24,27,30,33,36,39,42,45-47,49,52,54-58,60,62-63H2,1-2H3,(H,67,70)/b7-5-,13-11-,19-17-,23-22-,26-25-,29-28-,32-31-,35-34-,38-37-,41-40-,44-43-,50-48-,53-51+,61-59+. The molecule has 2 atom stereocenters. The van der Waals surface area contributed by atoms with Crippen LogP contribution in [0.1, 0.15) is 219 Å². The average Bonchev–Trinajstić information content (AvgIpc) is 3.36. The summed E-state index contributed by atoms with van der Waals surface area (Å²) in [6.45, 7) is 4.16. The average molecular weight is 961 g/mol. The molecule has 0 aromatic carbocycles. The molecule has 0 saturated carbocycles. The van der Waals surface area contributed by atoms with E-state index in [1.165, 1.54) is 70.6 Å². The maximum Gasteiger partial charge on any atom is 0.220 e. The van der Waals surface area contributed by atoms with E-state index in [2.05, 4.69) is 177 Å². The van der Waals surface area contributed by atoms with Crippen LogP contribution in [0.3, 0.4) is 0 Å². The largest absolute Gasteiger partial charge is 0.394 e. The van der Waals surface area contributed by atoms with Gasteiger partial charge in [-0.1, -0.05) is 261 Å². The molecule has 4 nitrogen and oxygen atoms in total. The minimum absolute atomic E-state index is 0.106. The van der Waals surface area contributed by atoms with Gasteiger partial charge in [-0.05, 0) is 122 Å². The molecule has 70 heavy (non-hydrogen) atoms. The lowest BCUT2D eigenvalue weighted by molar-refractivity contribution is -0.123. The van der Waals surface area contributed by atoms with Crippen LogP contribution in [0.4, 0.5) is 0 Å². The van der Waals surface area contributed by atoms with Crippen LogP contribution in [0.2, 0.25) is 0 Å². The second kappa shape index (κ2) is 59.1. The van der Waals surface area contributed by atoms with Crippen molar-refractivity contribution in [2.75, 3.05) is 6.61 Å². The molecule has 392 valence electrons. The first kappa shape index (κ1) is 65.8. The molecule has 0 aromatic heterocycles. The third-order valence-corrected chi connectivity index (χ3v) is 11.7. The summed E-state index contributed by atoms with van der Waals surface area (Å²) in [4.78, 5) is 12.4. The van der Waals surface area contributed by atoms with Gasteiger partial charge in [-0.3, -0.25) is 4.79 Å². The van der Waals surface area contributed by atoms with Gasteiger partial charge in [-0.25, -0.2) is 0 Å². The van der Waals surface area contributed by atoms with Crippen molar-refractivity contribution in [2.24, 2.45) is 0 Å². The molecule has 0 bridgehead atoms. The summed E-state index contributed by atoms with van der Waals surface area (Å²) in [5, 5.41) is 23.1. The number of aliphatic hydroxyl groups is 2. The van der Waals surface area contributed by atoms with Gasteiger partial charge in [0.15, 0.2) is 0 Å². The first-order chi connectivity index (χ1) is 34.7. The van der Waals surface area contributed by atoms with Crippen LogP contribution in [0.5, 0.6) is 0 Å². The van der Waals surface area contributed by atoms with E-state index in [-0.39, 0.29) is 12.5 Å². The first-order valence-corrected chi connectivity index (χ1v) is 28.3. The lowest BCUT2D eigenvalue weighted by Crippen LogP contribution is -2.45. The fourth-order valence-corrected chi connectivity index (χ4v) is 7.41. The summed E-state index contributed by atoms with van der Waals surface area (Å²) in [7, 11) is 0. The van der Waals surface area contributed by atoms with Gasteiger partial charge in [0.1, 0.15) is 0 Å². The van der Waals surface area contributed by atoms with Gasteiger partial charge < -0.3 is 15.5 Å². The highest BCUT2D eigenvalue weighted by molar-refractivity contribution is 5.76. The van der Waals surface area contributed by atoms with Gasteiger partial charge in [0.05, 0.1) is 18.8 Å². The molecule has 0 heterocycles. The molecule has 0 rings (SSSR count). The number of allylic oxidation sites excluding steroid dienone is 27. The normalized spacial score (nSPS) is 14.2. The molecular weight excluding hydrogens is 855 g/mol. The summed E-state index contributed by atoms with van der Waals surface area (Å²) in [5.41, 5.74) is 0. The van der Waals surface area contributed by atoms with Crippen LogP contribution >= 0.6 is 0 Å². The van der Waals surface area contributed by atoms with Crippen LogP contribution in [0, 0.1) is 0 Å². The minimum Gasteiger partial charge on any atom is -0.394 e. The topological polar surface area (TPSA) is 69.6 Å². The zero-order valence-electron chi connectivity index (χ0n) is 45.0. The lowest BCUT2D eigenvalue weighted by atomic mass is 10.1. The Labute approximate surface area is 432 Å². The number of rotatable bonds is 49. The zero-order valence-corrected chi connectivity index (χ0v) is 45.0. The molecule has 4 heteroatoms. The van der Waals surface area contributed by atoms with Crippen molar-refractivity contribution in [2.45, 2.75) is 231 Å². The van der Waals surface area contributed by atoms with Crippen molar-refractivity contribution in [3.05, 3.63) is 170 Å². The summed E-state index contributed by atoms with van der Waals surface area (Å²) < 4.78 is 0. The second-order valence-corrected chi connectivity index (χ2v) is 18.3. The Morgan fingerprint density at radius 3 is 1.00 bits per heavy atom. The van der Waals surface area contributed by atoms with Crippen molar-refractivity contribution in [1.29, 1.82) is 0 Å². The van der Waals surface area contributed by atoms with Crippen molar-refractivity contribution < 1.29 is 15.0 Å². The van der Waals surface area contributed by atoms with E-state index in [0.717, 1.165) is 128 Å². The molecule has 0 fully saturated rings. The second-order valence-electron chi connectivity index (χ2n) is 18.3. The summed E-state index contributed by atoms with van der Waals surface area (Å²) in [6, 6.07) is -0.666. The van der Waals surface area contributed by atoms with E-state index in [0.29, 0.717) is 6.42 Å². The molecule has 3 N–H and O–H groups in total. The zero-order chi connectivity index (χ0) is 50.6. The number of amides is 1. The van der Waals surface area contributed by atoms with Crippen molar-refractivity contribution >= 4 is 5.91 Å². The molecule has 0 radical (unpaired) electrons. The number of unbranched alkanes of at least 4 members (excludes halogenated alkanes) is 16. The quantitative estimate of drug-likeness (QED) is 0.0420. The number of hydrogen-bond acceptors (Lipinski definition) is 3. The molecule has 1 amide bonds. The molecule has 0 spiro atoms. The minimum atomic E-state index is -0.885. The van der Waals surface area contributed by atoms with Crippen molar-refractivity contribution in [3.8, 4) is 0 Å². The van der Waals surface area contributed by atoms with Gasteiger partial charge in [0.2, 0.25) is 5.91 Å². The molecule has 0 aromatic rings. The third-order valence-electron chi connectivity index (χ3n) is 11.7. The third kappa shape index (κ3) is 54.7. The molecule has 2 unspecified atom stereocenters. The summed E-state index contributed by atoms with van der Waals surface area (Å²) in [5.74, 6) is -0.106. The van der Waals surface area contributed by atoms with E-state index in [1.807, 2.05) is 6.08 Å². The Morgan fingerprint density at radius 1 is 0.357 bits per heavy atom. The van der Waals surface area contributed by atoms with E-state index < -0.39 is 12.1 Å². The van der Waals surface area contributed by atoms with E-state index in [1.54, 1.807) is 6.08 Å². The maximum absolute atomic E-state index is 12.4. The summed E-state index contributed by atoms with van der Waals surface area (Å²) in [6.07, 6.45) is 96.4. The fraction of sp³-hybridized carbons (Fsp3) is 0.561. The molecular formula is C66H105NO3. The van der Waals surface area contributed by atoms with Gasteiger partial charge in [0, 0.05) is 6.42 Å². The highest BCUT2D eigenvalue weighted by Crippen LogP contribution is 2.13. The van der Waals surface area contributed by atoms with Crippen LogP contribution in [0.25, 0.3) is 0 Å². The Hall–Kier alpha value is -4.25. The lowest BCUT2D eigenvalue weighted by Gasteiger charge is -2.19. The number of hydrogen-bond donors (Lipinski definition) is 3. The van der Waals surface area contributed by atoms with Crippen LogP contribution in [0.15, 0.2) is 170 Å². The molecule has 0 aliphatic rings. The Bertz CT molecular complexity index is 1560. The number of aliphatic hydroxyl groups excluding tert-OH is 2. The van der Waals surface area contributed by atoms with Gasteiger partial charge in [-0.15, -0.1) is 0 Å². The predicted molar refractivity (Wildman–Crippen MR) is 312 cm³/mol. The SMILES string of the molecule is CC/C=C\C/C=C\C/C=C\C/C=C\C/C=C\C/C=C\C/C=C\C/C=C\C/C=C\C/C=C\C/C=C\C/C=C\CCCCCCC(=O)NC(CO)C(O)/C=C/CC/C=C/CCCCCCCCCCCCC. The summed E-state index contributed by atoms with van der Waals surface area (Å²) >= 11 is 0. The fourth-order valence-electron chi connectivity index (χ4n) is 7.41. The smallest absolute Gasteiger partial charge is 0.220 e. The van der Waals surface area contributed by atoms with Crippen LogP contribution in [-0.4, -0.2) is 34.9 Å². The van der Waals surface area contributed by atoms with Crippen molar-refractivity contribution in [3.63, 3.8) is 0 Å². The first-order valence-electron chi connectivity index (χ1n) is 28.3. The van der Waals surface area contributed by atoms with Gasteiger partial charge in [-0.2, -0.15) is 0 Å². The van der Waals surface area contributed by atoms with E-state index >= 15 is 0 Å². The highest BCUT2D eigenvalue weighted by Gasteiger charge is 2.17. The molecule has 0 aliphatic carbocycles. The van der Waals surface area contributed by atoms with E-state index in [9.17, 15) is 15.0 Å². The highest BCUT2D eigenvalue weighted by atomic mass is 16.3. The Balaban J connectivity index is 3.74. The van der Waals surface area contributed by atoms with Crippen LogP contribution in [-0.2, 0) is 4.79 Å². The van der Waals surface area contributed by atoms with Gasteiger partial charge >= 0.3 is 0 Å². The monoisotopic (exact) mass is 960 g/mol. The molecule has 0 saturated heterocycles. The Morgan fingerprint density at radius 2 is 0.643 bits per heavy atom.